The lowest BCUT2D eigenvalue weighted by molar-refractivity contribution is -0.100. The monoisotopic (exact) mass is 638 g/mol. The number of carbonyl (C=O) groups is 2. The summed E-state index contributed by atoms with van der Waals surface area (Å²) >= 11 is 0. The van der Waals surface area contributed by atoms with Gasteiger partial charge >= 0.3 is 11.9 Å². The molecule has 11 rings (SSSR count). The maximum Gasteiger partial charge on any atom is 0.338 e. The lowest BCUT2D eigenvalue weighted by atomic mass is 9.36. The predicted octanol–water partition coefficient (Wildman–Crippen LogP) is 6.58. The van der Waals surface area contributed by atoms with Gasteiger partial charge in [-0.1, -0.05) is 42.5 Å². The Bertz CT molecular complexity index is 1780. The van der Waals surface area contributed by atoms with Gasteiger partial charge in [-0.2, -0.15) is 0 Å². The summed E-state index contributed by atoms with van der Waals surface area (Å²) < 4.78 is 11.7. The van der Waals surface area contributed by atoms with E-state index in [0.717, 1.165) is 73.5 Å². The molecule has 5 fully saturated rings. The minimum Gasteiger partial charge on any atom is -0.461 e. The van der Waals surface area contributed by atoms with Gasteiger partial charge < -0.3 is 19.3 Å². The van der Waals surface area contributed by atoms with Crippen LogP contribution in [0.3, 0.4) is 0 Å². The van der Waals surface area contributed by atoms with Crippen LogP contribution in [0.15, 0.2) is 96.6 Å². The van der Waals surface area contributed by atoms with Crippen LogP contribution in [0.2, 0.25) is 0 Å². The maximum absolute atomic E-state index is 13.1. The van der Waals surface area contributed by atoms with Gasteiger partial charge in [0, 0.05) is 43.0 Å². The molecule has 2 saturated heterocycles. The molecule has 0 N–H and O–H groups in total. The lowest BCUT2D eigenvalue weighted by Gasteiger charge is -2.68. The molecule has 2 aromatic rings. The number of anilines is 2. The second-order valence-electron chi connectivity index (χ2n) is 16.4. The number of ether oxygens (including phenoxy) is 2. The Kier molecular flexibility index (Phi) is 5.80. The molecule has 0 amide bonds. The first-order valence-electron chi connectivity index (χ1n) is 18.3. The van der Waals surface area contributed by atoms with E-state index >= 15 is 0 Å². The third-order valence-electron chi connectivity index (χ3n) is 14.5. The number of benzene rings is 2. The van der Waals surface area contributed by atoms with Crippen LogP contribution in [-0.4, -0.2) is 51.3 Å². The van der Waals surface area contributed by atoms with Crippen molar-refractivity contribution >= 4 is 23.3 Å². The van der Waals surface area contributed by atoms with Crippen molar-refractivity contribution in [1.29, 1.82) is 0 Å². The summed E-state index contributed by atoms with van der Waals surface area (Å²) in [5, 5.41) is 0. The van der Waals surface area contributed by atoms with Crippen LogP contribution in [0.25, 0.3) is 0 Å². The van der Waals surface area contributed by atoms with Crippen LogP contribution < -0.4 is 9.80 Å². The van der Waals surface area contributed by atoms with Crippen LogP contribution in [0.4, 0.5) is 11.4 Å². The highest BCUT2D eigenvalue weighted by Gasteiger charge is 2.67. The first-order chi connectivity index (χ1) is 23.5. The number of hydrogen-bond donors (Lipinski definition) is 0. The van der Waals surface area contributed by atoms with Gasteiger partial charge in [-0.15, -0.1) is 0 Å². The van der Waals surface area contributed by atoms with E-state index in [-0.39, 0.29) is 17.4 Å². The largest absolute Gasteiger partial charge is 0.461 e. The Hall–Kier alpha value is -4.06. The summed E-state index contributed by atoms with van der Waals surface area (Å²) in [6.07, 6.45) is 19.1. The van der Waals surface area contributed by atoms with Gasteiger partial charge in [0.15, 0.2) is 0 Å². The van der Waals surface area contributed by atoms with Crippen molar-refractivity contribution < 1.29 is 19.1 Å². The number of nitrogens with zero attached hydrogens (tertiary/aromatic N) is 2. The minimum atomic E-state index is -0.266. The molecule has 48 heavy (non-hydrogen) atoms. The average molecular weight is 639 g/mol. The molecule has 9 aliphatic rings. The zero-order chi connectivity index (χ0) is 31.7. The van der Waals surface area contributed by atoms with Crippen LogP contribution in [0, 0.1) is 70.5 Å². The van der Waals surface area contributed by atoms with E-state index in [1.165, 1.54) is 29.8 Å². The first kappa shape index (κ1) is 27.8. The van der Waals surface area contributed by atoms with E-state index in [9.17, 15) is 9.59 Å². The van der Waals surface area contributed by atoms with Gasteiger partial charge in [-0.3, -0.25) is 0 Å². The van der Waals surface area contributed by atoms with Crippen LogP contribution in [-0.2, 0) is 9.47 Å². The van der Waals surface area contributed by atoms with Crippen LogP contribution >= 0.6 is 0 Å². The van der Waals surface area contributed by atoms with Gasteiger partial charge in [0.05, 0.1) is 11.1 Å². The summed E-state index contributed by atoms with van der Waals surface area (Å²) in [4.78, 5) is 31.0. The average Bonchev–Trinajstić information content (AvgIpc) is 3.95. The molecule has 6 nitrogen and oxygen atoms in total. The van der Waals surface area contributed by atoms with E-state index in [4.69, 9.17) is 9.47 Å². The zero-order valence-corrected chi connectivity index (χ0v) is 27.2. The highest BCUT2D eigenvalue weighted by molar-refractivity contribution is 5.90. The summed E-state index contributed by atoms with van der Waals surface area (Å²) in [5.74, 6) is 6.78. The zero-order valence-electron chi connectivity index (χ0n) is 27.2. The van der Waals surface area contributed by atoms with Crippen molar-refractivity contribution in [3.63, 3.8) is 0 Å². The molecule has 6 heteroatoms. The van der Waals surface area contributed by atoms with Crippen molar-refractivity contribution in [2.45, 2.75) is 12.8 Å². The molecule has 12 atom stereocenters. The molecule has 7 aliphatic carbocycles. The molecule has 2 aliphatic heterocycles. The fraction of sp³-hybridized carbons (Fsp3) is 0.476. The molecule has 0 spiro atoms. The number of allylic oxidation sites excluding steroid dienone is 6. The Morgan fingerprint density at radius 1 is 0.625 bits per heavy atom. The van der Waals surface area contributed by atoms with Crippen molar-refractivity contribution in [3.8, 4) is 0 Å². The second kappa shape index (κ2) is 9.99. The van der Waals surface area contributed by atoms with Crippen molar-refractivity contribution in [3.05, 3.63) is 108 Å². The van der Waals surface area contributed by atoms with Gasteiger partial charge in [0.2, 0.25) is 0 Å². The standard InChI is InChI=1S/C42H42N2O4/c45-40(24-5-9-31(10-6-24)43-18-33-26-1-2-27(15-26)34(33)19-43)47-22-30-17-38-39(30)37-13-14-42(37,38)23-48-41(46)25-7-11-32(12-8-25)44-20-35-28-3-4-29(16-28)36(35)21-44/h1-14,17,26-29,33-39H,15-16,18-23H2/t26-,27+,28-,29+,33-,34+,35-,36+,37-,38+,39+,42+/m1/s1. The third-order valence-corrected chi connectivity index (χ3v) is 14.5. The van der Waals surface area contributed by atoms with Crippen molar-refractivity contribution in [2.24, 2.45) is 70.5 Å². The Labute approximate surface area is 282 Å². The Morgan fingerprint density at radius 3 is 1.54 bits per heavy atom. The highest BCUT2D eigenvalue weighted by Crippen LogP contribution is 2.70. The van der Waals surface area contributed by atoms with E-state index < -0.39 is 0 Å². The molecular formula is C42H42N2O4. The van der Waals surface area contributed by atoms with Crippen LogP contribution in [0.1, 0.15) is 33.6 Å². The van der Waals surface area contributed by atoms with Crippen molar-refractivity contribution in [1.82, 2.24) is 0 Å². The molecule has 2 heterocycles. The number of carbonyl (C=O) groups excluding carboxylic acids is 2. The Balaban J connectivity index is 0.667. The number of fused-ring (bicyclic) bond motifs is 14. The molecule has 0 unspecified atom stereocenters. The molecular weight excluding hydrogens is 596 g/mol. The lowest BCUT2D eigenvalue weighted by Crippen LogP contribution is -2.65. The number of rotatable bonds is 8. The fourth-order valence-electron chi connectivity index (χ4n) is 11.9. The number of hydrogen-bond acceptors (Lipinski definition) is 6. The molecule has 4 bridgehead atoms. The van der Waals surface area contributed by atoms with E-state index in [1.54, 1.807) is 0 Å². The molecule has 3 saturated carbocycles. The molecule has 0 aromatic heterocycles. The molecule has 2 aromatic carbocycles. The normalized spacial score (nSPS) is 40.8. The van der Waals surface area contributed by atoms with Crippen molar-refractivity contribution in [2.75, 3.05) is 49.2 Å². The number of esters is 2. The summed E-state index contributed by atoms with van der Waals surface area (Å²) in [6.45, 7) is 5.22. The summed E-state index contributed by atoms with van der Waals surface area (Å²) in [5.41, 5.74) is 4.73. The van der Waals surface area contributed by atoms with Gasteiger partial charge in [-0.05, 0) is 132 Å². The second-order valence-corrected chi connectivity index (χ2v) is 16.4. The maximum atomic E-state index is 13.1. The summed E-state index contributed by atoms with van der Waals surface area (Å²) in [6, 6.07) is 16.0. The highest BCUT2D eigenvalue weighted by atomic mass is 16.5. The topological polar surface area (TPSA) is 59.1 Å². The van der Waals surface area contributed by atoms with Gasteiger partial charge in [0.1, 0.15) is 13.2 Å². The Morgan fingerprint density at radius 2 is 1.10 bits per heavy atom. The summed E-state index contributed by atoms with van der Waals surface area (Å²) in [7, 11) is 0. The van der Waals surface area contributed by atoms with E-state index in [1.807, 2.05) is 24.3 Å². The molecule has 0 radical (unpaired) electrons. The minimum absolute atomic E-state index is 0.103. The predicted molar refractivity (Wildman–Crippen MR) is 183 cm³/mol. The quantitative estimate of drug-likeness (QED) is 0.241. The third kappa shape index (κ3) is 3.86. The van der Waals surface area contributed by atoms with E-state index in [0.29, 0.717) is 42.1 Å². The van der Waals surface area contributed by atoms with Crippen LogP contribution in [0.5, 0.6) is 0 Å². The molecule has 244 valence electrons. The van der Waals surface area contributed by atoms with E-state index in [2.05, 4.69) is 76.6 Å². The fourth-order valence-corrected chi connectivity index (χ4v) is 11.9. The van der Waals surface area contributed by atoms with Gasteiger partial charge in [-0.25, -0.2) is 9.59 Å². The van der Waals surface area contributed by atoms with Gasteiger partial charge in [0.25, 0.3) is 0 Å². The SMILES string of the molecule is O=C(OCC1=C[C@H]2[C@@H]1[C@H]1C=C[C@]12COC(=O)c1ccc(N2C[C@@H]3[C@H](C2)[C@@H]2C=C[C@H]3C2)cc1)c1ccc(N2C[C@@H]3[C@H](C2)[C@@H]2C=C[C@H]3C2)cc1. The first-order valence-corrected chi connectivity index (χ1v) is 18.3. The smallest absolute Gasteiger partial charge is 0.338 e.